The van der Waals surface area contributed by atoms with Gasteiger partial charge in [0.15, 0.2) is 0 Å². The molecular weight excluding hydrogens is 251 g/mol. The lowest BCUT2D eigenvalue weighted by molar-refractivity contribution is 0.401. The third kappa shape index (κ3) is 3.27. The van der Waals surface area contributed by atoms with Gasteiger partial charge >= 0.3 is 0 Å². The van der Waals surface area contributed by atoms with Crippen molar-refractivity contribution in [1.29, 1.82) is 0 Å². The molecule has 0 aliphatic heterocycles. The third-order valence-electron chi connectivity index (χ3n) is 3.18. The molecule has 2 heteroatoms. The summed E-state index contributed by atoms with van der Waals surface area (Å²) in [6.07, 6.45) is 3.86. The van der Waals surface area contributed by atoms with E-state index in [1.165, 1.54) is 0 Å². The van der Waals surface area contributed by atoms with Crippen LogP contribution in [0.3, 0.4) is 0 Å². The van der Waals surface area contributed by atoms with Gasteiger partial charge in [-0.25, -0.2) is 4.39 Å². The third-order valence-corrected chi connectivity index (χ3v) is 3.18. The van der Waals surface area contributed by atoms with Crippen molar-refractivity contribution in [2.45, 2.75) is 19.8 Å². The molecule has 1 nitrogen and oxygen atoms in total. The topological polar surface area (TPSA) is 9.23 Å². The summed E-state index contributed by atoms with van der Waals surface area (Å²) >= 11 is 0. The van der Waals surface area contributed by atoms with Crippen molar-refractivity contribution < 1.29 is 9.13 Å². The highest BCUT2D eigenvalue weighted by atomic mass is 19.1. The van der Waals surface area contributed by atoms with Gasteiger partial charge in [0.25, 0.3) is 0 Å². The first kappa shape index (κ1) is 14.3. The molecule has 0 aliphatic rings. The molecule has 2 aromatic rings. The van der Waals surface area contributed by atoms with Gasteiger partial charge in [-0.15, -0.1) is 0 Å². The van der Waals surface area contributed by atoms with Gasteiger partial charge in [0.1, 0.15) is 11.6 Å². The first-order valence-electron chi connectivity index (χ1n) is 6.72. The average Bonchev–Trinajstić information content (AvgIpc) is 2.45. The Morgan fingerprint density at radius 3 is 2.25 bits per heavy atom. The van der Waals surface area contributed by atoms with Gasteiger partial charge in [-0.05, 0) is 29.2 Å². The quantitative estimate of drug-likeness (QED) is 0.700. The van der Waals surface area contributed by atoms with Gasteiger partial charge in [0, 0.05) is 5.56 Å². The van der Waals surface area contributed by atoms with Crippen LogP contribution in [-0.2, 0) is 0 Å². The van der Waals surface area contributed by atoms with E-state index in [0.29, 0.717) is 11.3 Å². The molecule has 0 unspecified atom stereocenters. The van der Waals surface area contributed by atoms with Crippen LogP contribution in [0.5, 0.6) is 5.75 Å². The summed E-state index contributed by atoms with van der Waals surface area (Å²) in [5, 5.41) is 0. The fourth-order valence-electron chi connectivity index (χ4n) is 2.19. The number of methoxy groups -OCH3 is 1. The maximum absolute atomic E-state index is 14.2. The van der Waals surface area contributed by atoms with E-state index in [0.717, 1.165) is 11.1 Å². The number of halogens is 1. The summed E-state index contributed by atoms with van der Waals surface area (Å²) in [7, 11) is 1.57. The van der Waals surface area contributed by atoms with Crippen LogP contribution in [0, 0.1) is 5.82 Å². The van der Waals surface area contributed by atoms with Crippen LogP contribution in [0.1, 0.15) is 36.5 Å². The predicted octanol–water partition coefficient (Wildman–Crippen LogP) is 5.13. The van der Waals surface area contributed by atoms with Crippen molar-refractivity contribution in [1.82, 2.24) is 0 Å². The SMILES string of the molecule is COc1cc(/C=C/c2ccccc2)cc(F)c1C(C)C. The summed E-state index contributed by atoms with van der Waals surface area (Å²) in [6, 6.07) is 13.4. The van der Waals surface area contributed by atoms with Gasteiger partial charge in [-0.2, -0.15) is 0 Å². The molecule has 0 aliphatic carbocycles. The van der Waals surface area contributed by atoms with Crippen LogP contribution < -0.4 is 4.74 Å². The molecule has 20 heavy (non-hydrogen) atoms. The normalized spacial score (nSPS) is 11.2. The number of hydrogen-bond acceptors (Lipinski definition) is 1. The van der Waals surface area contributed by atoms with Crippen LogP contribution in [0.25, 0.3) is 12.2 Å². The molecule has 0 N–H and O–H groups in total. The Labute approximate surface area is 119 Å². The van der Waals surface area contributed by atoms with Crippen molar-refractivity contribution in [3.05, 3.63) is 65.0 Å². The van der Waals surface area contributed by atoms with Gasteiger partial charge in [-0.3, -0.25) is 0 Å². The summed E-state index contributed by atoms with van der Waals surface area (Å²) in [6.45, 7) is 3.92. The fourth-order valence-corrected chi connectivity index (χ4v) is 2.19. The van der Waals surface area contributed by atoms with E-state index in [9.17, 15) is 4.39 Å². The van der Waals surface area contributed by atoms with Crippen LogP contribution >= 0.6 is 0 Å². The van der Waals surface area contributed by atoms with Gasteiger partial charge < -0.3 is 4.74 Å². The minimum Gasteiger partial charge on any atom is -0.496 e. The molecule has 2 rings (SSSR count). The van der Waals surface area contributed by atoms with Crippen LogP contribution in [0.4, 0.5) is 4.39 Å². The molecule has 0 aromatic heterocycles. The molecule has 0 atom stereocenters. The first-order chi connectivity index (χ1) is 9.61. The summed E-state index contributed by atoms with van der Waals surface area (Å²) in [5.41, 5.74) is 2.51. The predicted molar refractivity (Wildman–Crippen MR) is 82.4 cm³/mol. The number of hydrogen-bond donors (Lipinski definition) is 0. The molecular formula is C18H19FO. The second kappa shape index (κ2) is 6.38. The summed E-state index contributed by atoms with van der Waals surface area (Å²) in [4.78, 5) is 0. The highest BCUT2D eigenvalue weighted by molar-refractivity contribution is 5.70. The van der Waals surface area contributed by atoms with Crippen molar-refractivity contribution >= 4 is 12.2 Å². The fraction of sp³-hybridized carbons (Fsp3) is 0.222. The zero-order valence-electron chi connectivity index (χ0n) is 12.1. The van der Waals surface area contributed by atoms with E-state index in [2.05, 4.69) is 0 Å². The lowest BCUT2D eigenvalue weighted by Gasteiger charge is -2.13. The van der Waals surface area contributed by atoms with E-state index in [-0.39, 0.29) is 11.7 Å². The molecule has 0 saturated heterocycles. The average molecular weight is 270 g/mol. The Morgan fingerprint density at radius 2 is 1.65 bits per heavy atom. The minimum absolute atomic E-state index is 0.0945. The van der Waals surface area contributed by atoms with Crippen LogP contribution in [-0.4, -0.2) is 7.11 Å². The Kier molecular flexibility index (Phi) is 4.57. The van der Waals surface area contributed by atoms with E-state index in [1.54, 1.807) is 13.2 Å². The standard InChI is InChI=1S/C18H19FO/c1-13(2)18-16(19)11-15(12-17(18)20-3)10-9-14-7-5-4-6-8-14/h4-13H,1-3H3/b10-9+. The second-order valence-corrected chi connectivity index (χ2v) is 5.02. The molecule has 2 aromatic carbocycles. The molecule has 0 spiro atoms. The molecule has 0 bridgehead atoms. The van der Waals surface area contributed by atoms with Gasteiger partial charge in [-0.1, -0.05) is 56.3 Å². The maximum atomic E-state index is 14.2. The maximum Gasteiger partial charge on any atom is 0.130 e. The van der Waals surface area contributed by atoms with Crippen molar-refractivity contribution in [2.24, 2.45) is 0 Å². The summed E-state index contributed by atoms with van der Waals surface area (Å²) < 4.78 is 19.5. The Bertz CT molecular complexity index is 600. The van der Waals surface area contributed by atoms with Gasteiger partial charge in [0.2, 0.25) is 0 Å². The Morgan fingerprint density at radius 1 is 1.00 bits per heavy atom. The number of benzene rings is 2. The lowest BCUT2D eigenvalue weighted by Crippen LogP contribution is -1.99. The highest BCUT2D eigenvalue weighted by Crippen LogP contribution is 2.31. The van der Waals surface area contributed by atoms with Crippen molar-refractivity contribution in [3.63, 3.8) is 0 Å². The first-order valence-corrected chi connectivity index (χ1v) is 6.72. The van der Waals surface area contributed by atoms with Crippen molar-refractivity contribution in [2.75, 3.05) is 7.11 Å². The molecule has 0 fully saturated rings. The van der Waals surface area contributed by atoms with E-state index in [1.807, 2.05) is 62.4 Å². The van der Waals surface area contributed by atoms with Crippen LogP contribution in [0.15, 0.2) is 42.5 Å². The van der Waals surface area contributed by atoms with E-state index < -0.39 is 0 Å². The monoisotopic (exact) mass is 270 g/mol. The molecule has 104 valence electrons. The van der Waals surface area contributed by atoms with Crippen LogP contribution in [0.2, 0.25) is 0 Å². The lowest BCUT2D eigenvalue weighted by atomic mass is 9.99. The second-order valence-electron chi connectivity index (χ2n) is 5.02. The Balaban J connectivity index is 2.34. The summed E-state index contributed by atoms with van der Waals surface area (Å²) in [5.74, 6) is 0.483. The number of rotatable bonds is 4. The molecule has 0 radical (unpaired) electrons. The zero-order valence-corrected chi connectivity index (χ0v) is 12.1. The molecule has 0 heterocycles. The van der Waals surface area contributed by atoms with E-state index in [4.69, 9.17) is 4.74 Å². The zero-order chi connectivity index (χ0) is 14.5. The van der Waals surface area contributed by atoms with Gasteiger partial charge in [0.05, 0.1) is 7.11 Å². The molecule has 0 amide bonds. The van der Waals surface area contributed by atoms with Crippen molar-refractivity contribution in [3.8, 4) is 5.75 Å². The smallest absolute Gasteiger partial charge is 0.130 e. The largest absolute Gasteiger partial charge is 0.496 e. The minimum atomic E-state index is -0.216. The van der Waals surface area contributed by atoms with E-state index >= 15 is 0 Å². The molecule has 0 saturated carbocycles. The Hall–Kier alpha value is -2.09. The number of ether oxygens (including phenoxy) is 1. The highest BCUT2D eigenvalue weighted by Gasteiger charge is 2.14.